The first-order valence-corrected chi connectivity index (χ1v) is 12.6. The third kappa shape index (κ3) is 4.03. The molecule has 31 heavy (non-hydrogen) atoms. The van der Waals surface area contributed by atoms with Crippen LogP contribution in [0.15, 0.2) is 36.4 Å². The number of carbonyl (C=O) groups excluding carboxylic acids is 1. The lowest BCUT2D eigenvalue weighted by molar-refractivity contribution is -0.117. The molecule has 1 unspecified atom stereocenters. The van der Waals surface area contributed by atoms with E-state index in [9.17, 15) is 13.2 Å². The summed E-state index contributed by atoms with van der Waals surface area (Å²) in [6.45, 7) is 6.89. The van der Waals surface area contributed by atoms with E-state index in [4.69, 9.17) is 4.74 Å². The number of carbonyl (C=O) groups is 1. The quantitative estimate of drug-likeness (QED) is 0.690. The molecule has 6 nitrogen and oxygen atoms in total. The van der Waals surface area contributed by atoms with Crippen molar-refractivity contribution in [3.63, 3.8) is 0 Å². The van der Waals surface area contributed by atoms with Crippen molar-refractivity contribution in [3.8, 4) is 16.9 Å². The summed E-state index contributed by atoms with van der Waals surface area (Å²) in [6.07, 6.45) is 3.30. The highest BCUT2D eigenvalue weighted by atomic mass is 32.2. The first-order valence-electron chi connectivity index (χ1n) is 11.0. The molecule has 0 bridgehead atoms. The molecule has 0 saturated carbocycles. The Hall–Kier alpha value is -2.54. The molecule has 4 rings (SSSR count). The summed E-state index contributed by atoms with van der Waals surface area (Å²) in [6, 6.07) is 11.8. The zero-order valence-electron chi connectivity index (χ0n) is 18.4. The minimum atomic E-state index is -3.20. The number of fused-ring (bicyclic) bond motifs is 1. The van der Waals surface area contributed by atoms with Crippen LogP contribution < -0.4 is 13.9 Å². The molecule has 2 aliphatic heterocycles. The third-order valence-electron chi connectivity index (χ3n) is 6.10. The van der Waals surface area contributed by atoms with Crippen LogP contribution in [-0.4, -0.2) is 39.3 Å². The maximum atomic E-state index is 12.3. The monoisotopic (exact) mass is 442 g/mol. The van der Waals surface area contributed by atoms with Gasteiger partial charge >= 0.3 is 0 Å². The predicted octanol–water partition coefficient (Wildman–Crippen LogP) is 4.37. The molecule has 0 radical (unpaired) electrons. The number of hydrogen-bond acceptors (Lipinski definition) is 4. The maximum Gasteiger partial charge on any atom is 0.235 e. The second-order valence-electron chi connectivity index (χ2n) is 8.35. The van der Waals surface area contributed by atoms with Crippen molar-refractivity contribution in [1.29, 1.82) is 0 Å². The topological polar surface area (TPSA) is 66.9 Å². The number of benzene rings is 2. The van der Waals surface area contributed by atoms with Crippen molar-refractivity contribution in [2.24, 2.45) is 0 Å². The average molecular weight is 443 g/mol. The molecule has 1 saturated heterocycles. The SMILES string of the molecule is CCCOc1c(-c2ccc(N3CCCS3(=O)=O)cc2)ccc2c1CCC(C)N2C(C)=O. The second kappa shape index (κ2) is 8.54. The molecule has 2 aliphatic rings. The van der Waals surface area contributed by atoms with Gasteiger partial charge in [0.1, 0.15) is 5.75 Å². The van der Waals surface area contributed by atoms with Crippen LogP contribution in [0.4, 0.5) is 11.4 Å². The van der Waals surface area contributed by atoms with Crippen LogP contribution in [0, 0.1) is 0 Å². The van der Waals surface area contributed by atoms with E-state index in [1.165, 1.54) is 4.31 Å². The normalized spacial score (nSPS) is 19.9. The summed E-state index contributed by atoms with van der Waals surface area (Å²) in [7, 11) is -3.20. The van der Waals surface area contributed by atoms with E-state index >= 15 is 0 Å². The summed E-state index contributed by atoms with van der Waals surface area (Å²) in [4.78, 5) is 14.2. The number of anilines is 2. The standard InChI is InChI=1S/C24H30N2O4S/c1-4-15-30-24-21(12-13-23-22(24)11-6-17(2)26(23)18(3)27)19-7-9-20(10-8-19)25-14-5-16-31(25,28)29/h7-10,12-13,17H,4-6,11,14-16H2,1-3H3. The van der Waals surface area contributed by atoms with E-state index in [0.29, 0.717) is 25.3 Å². The molecule has 2 heterocycles. The Kier molecular flexibility index (Phi) is 5.97. The van der Waals surface area contributed by atoms with Gasteiger partial charge in [0.05, 0.1) is 23.7 Å². The van der Waals surface area contributed by atoms with Crippen molar-refractivity contribution in [3.05, 3.63) is 42.0 Å². The lowest BCUT2D eigenvalue weighted by Crippen LogP contribution is -2.40. The van der Waals surface area contributed by atoms with Crippen molar-refractivity contribution in [2.45, 2.75) is 52.5 Å². The van der Waals surface area contributed by atoms with Crippen LogP contribution >= 0.6 is 0 Å². The molecule has 2 aromatic rings. The number of hydrogen-bond donors (Lipinski definition) is 0. The smallest absolute Gasteiger partial charge is 0.235 e. The first-order chi connectivity index (χ1) is 14.8. The number of rotatable bonds is 5. The fourth-order valence-electron chi connectivity index (χ4n) is 4.62. The highest BCUT2D eigenvalue weighted by Crippen LogP contribution is 2.43. The number of ether oxygens (including phenoxy) is 1. The zero-order chi connectivity index (χ0) is 22.2. The van der Waals surface area contributed by atoms with Gasteiger partial charge in [0.2, 0.25) is 15.9 Å². The van der Waals surface area contributed by atoms with Gasteiger partial charge < -0.3 is 9.64 Å². The Morgan fingerprint density at radius 3 is 2.52 bits per heavy atom. The van der Waals surface area contributed by atoms with E-state index in [2.05, 4.69) is 13.8 Å². The molecule has 0 aliphatic carbocycles. The van der Waals surface area contributed by atoms with E-state index in [0.717, 1.165) is 47.4 Å². The van der Waals surface area contributed by atoms with Gasteiger partial charge in [0.25, 0.3) is 0 Å². The number of nitrogens with zero attached hydrogens (tertiary/aromatic N) is 2. The van der Waals surface area contributed by atoms with E-state index in [-0.39, 0.29) is 17.7 Å². The third-order valence-corrected chi connectivity index (χ3v) is 7.97. The van der Waals surface area contributed by atoms with Gasteiger partial charge in [-0.1, -0.05) is 19.1 Å². The lowest BCUT2D eigenvalue weighted by atomic mass is 9.91. The lowest BCUT2D eigenvalue weighted by Gasteiger charge is -2.36. The molecule has 2 aromatic carbocycles. The summed E-state index contributed by atoms with van der Waals surface area (Å²) in [5.41, 5.74) is 4.65. The number of sulfonamides is 1. The van der Waals surface area contributed by atoms with Crippen LogP contribution in [0.5, 0.6) is 5.75 Å². The van der Waals surface area contributed by atoms with Crippen LogP contribution in [0.2, 0.25) is 0 Å². The second-order valence-corrected chi connectivity index (χ2v) is 10.4. The van der Waals surface area contributed by atoms with E-state index < -0.39 is 10.0 Å². The maximum absolute atomic E-state index is 12.3. The molecule has 0 N–H and O–H groups in total. The van der Waals surface area contributed by atoms with Crippen molar-refractivity contribution < 1.29 is 17.9 Å². The molecule has 7 heteroatoms. The Morgan fingerprint density at radius 2 is 1.90 bits per heavy atom. The summed E-state index contributed by atoms with van der Waals surface area (Å²) in [5, 5.41) is 0. The fraction of sp³-hybridized carbons (Fsp3) is 0.458. The Morgan fingerprint density at radius 1 is 1.16 bits per heavy atom. The van der Waals surface area contributed by atoms with Crippen LogP contribution in [0.1, 0.15) is 45.6 Å². The largest absolute Gasteiger partial charge is 0.493 e. The minimum Gasteiger partial charge on any atom is -0.493 e. The predicted molar refractivity (Wildman–Crippen MR) is 124 cm³/mol. The first kappa shape index (κ1) is 21.7. The van der Waals surface area contributed by atoms with E-state index in [1.807, 2.05) is 41.3 Å². The zero-order valence-corrected chi connectivity index (χ0v) is 19.2. The Balaban J connectivity index is 1.75. The summed E-state index contributed by atoms with van der Waals surface area (Å²) >= 11 is 0. The van der Waals surface area contributed by atoms with Crippen molar-refractivity contribution in [2.75, 3.05) is 28.1 Å². The summed E-state index contributed by atoms with van der Waals surface area (Å²) < 4.78 is 32.2. The highest BCUT2D eigenvalue weighted by molar-refractivity contribution is 7.93. The molecular weight excluding hydrogens is 412 g/mol. The van der Waals surface area contributed by atoms with Gasteiger partial charge in [-0.2, -0.15) is 0 Å². The van der Waals surface area contributed by atoms with Crippen LogP contribution in [0.25, 0.3) is 11.1 Å². The Labute approximate surface area is 184 Å². The van der Waals surface area contributed by atoms with Crippen LogP contribution in [-0.2, 0) is 21.2 Å². The van der Waals surface area contributed by atoms with Gasteiger partial charge in [0, 0.05) is 30.6 Å². The molecule has 1 amide bonds. The minimum absolute atomic E-state index is 0.0406. The van der Waals surface area contributed by atoms with Gasteiger partial charge in [-0.15, -0.1) is 0 Å². The molecule has 1 atom stereocenters. The van der Waals surface area contributed by atoms with Crippen molar-refractivity contribution in [1.82, 2.24) is 0 Å². The van der Waals surface area contributed by atoms with Gasteiger partial charge in [0.15, 0.2) is 0 Å². The van der Waals surface area contributed by atoms with Crippen molar-refractivity contribution >= 4 is 27.3 Å². The molecule has 1 fully saturated rings. The van der Waals surface area contributed by atoms with Crippen LogP contribution in [0.3, 0.4) is 0 Å². The number of amides is 1. The van der Waals surface area contributed by atoms with Gasteiger partial charge in [-0.3, -0.25) is 9.10 Å². The van der Waals surface area contributed by atoms with Gasteiger partial charge in [-0.25, -0.2) is 8.42 Å². The van der Waals surface area contributed by atoms with Gasteiger partial charge in [-0.05, 0) is 62.4 Å². The average Bonchev–Trinajstić information content (AvgIpc) is 3.10. The molecule has 0 aromatic heterocycles. The summed E-state index contributed by atoms with van der Waals surface area (Å²) in [5.74, 6) is 1.08. The highest BCUT2D eigenvalue weighted by Gasteiger charge is 2.30. The van der Waals surface area contributed by atoms with E-state index in [1.54, 1.807) is 6.92 Å². The fourth-order valence-corrected chi connectivity index (χ4v) is 6.18. The molecular formula is C24H30N2O4S. The molecule has 0 spiro atoms. The molecule has 166 valence electrons. The Bertz CT molecular complexity index is 1080.